The van der Waals surface area contributed by atoms with E-state index in [9.17, 15) is 31.4 Å². The summed E-state index contributed by atoms with van der Waals surface area (Å²) in [5.41, 5.74) is -3.29. The van der Waals surface area contributed by atoms with E-state index < -0.39 is 53.0 Å². The summed E-state index contributed by atoms with van der Waals surface area (Å²) in [6.07, 6.45) is -8.65. The van der Waals surface area contributed by atoms with Gasteiger partial charge in [0.25, 0.3) is 5.92 Å². The number of ether oxygens (including phenoxy) is 1. The number of pyridine rings is 1. The molecule has 0 amide bonds. The van der Waals surface area contributed by atoms with Gasteiger partial charge in [-0.05, 0) is 12.1 Å². The minimum atomic E-state index is -5.01. The number of fused-ring (bicyclic) bond motifs is 1. The third-order valence-corrected chi connectivity index (χ3v) is 3.79. The molecule has 0 spiro atoms. The molecule has 1 heterocycles. The molecule has 0 saturated carbocycles. The molecule has 1 aliphatic carbocycles. The van der Waals surface area contributed by atoms with E-state index in [4.69, 9.17) is 10.00 Å². The van der Waals surface area contributed by atoms with Gasteiger partial charge in [-0.15, -0.1) is 0 Å². The molecule has 1 aromatic carbocycles. The topological polar surface area (TPSA) is 66.1 Å². The average molecular weight is 374 g/mol. The van der Waals surface area contributed by atoms with Crippen molar-refractivity contribution in [2.75, 3.05) is 0 Å². The van der Waals surface area contributed by atoms with Gasteiger partial charge >= 0.3 is 6.18 Å². The third-order valence-electron chi connectivity index (χ3n) is 3.79. The Kier molecular flexibility index (Phi) is 4.07. The van der Waals surface area contributed by atoms with Crippen LogP contribution in [0.2, 0.25) is 0 Å². The standard InChI is InChI=1S/C16H8F6N2O2/c17-8-1-7(5-23)2-9(3-8)26-14-10-4-15(18,19)13(25)12(10)11(6-24-14)16(20,21)22/h1-3,6,13,25H,4H2/t13-/m0/s1. The van der Waals surface area contributed by atoms with Crippen LogP contribution in [-0.4, -0.2) is 16.0 Å². The first kappa shape index (κ1) is 18.0. The van der Waals surface area contributed by atoms with Gasteiger partial charge in [0, 0.05) is 29.8 Å². The first-order chi connectivity index (χ1) is 12.0. The molecule has 0 bridgehead atoms. The second-order valence-corrected chi connectivity index (χ2v) is 5.60. The number of aromatic nitrogens is 1. The maximum Gasteiger partial charge on any atom is 0.418 e. The van der Waals surface area contributed by atoms with Gasteiger partial charge in [0.1, 0.15) is 17.7 Å². The van der Waals surface area contributed by atoms with Gasteiger partial charge in [-0.3, -0.25) is 0 Å². The van der Waals surface area contributed by atoms with Gasteiger partial charge in [0.2, 0.25) is 5.88 Å². The van der Waals surface area contributed by atoms with Crippen LogP contribution in [0.15, 0.2) is 24.4 Å². The first-order valence-corrected chi connectivity index (χ1v) is 7.06. The van der Waals surface area contributed by atoms with E-state index in [1.54, 1.807) is 6.07 Å². The van der Waals surface area contributed by atoms with Crippen LogP contribution >= 0.6 is 0 Å². The fourth-order valence-corrected chi connectivity index (χ4v) is 2.69. The highest BCUT2D eigenvalue weighted by atomic mass is 19.4. The van der Waals surface area contributed by atoms with Crippen molar-refractivity contribution in [1.82, 2.24) is 4.98 Å². The highest BCUT2D eigenvalue weighted by Gasteiger charge is 2.53. The van der Waals surface area contributed by atoms with Crippen molar-refractivity contribution in [3.05, 3.63) is 52.5 Å². The second kappa shape index (κ2) is 5.88. The van der Waals surface area contributed by atoms with Crippen molar-refractivity contribution in [3.63, 3.8) is 0 Å². The third kappa shape index (κ3) is 3.06. The molecule has 1 aromatic heterocycles. The minimum absolute atomic E-state index is 0.145. The van der Waals surface area contributed by atoms with E-state index in [0.29, 0.717) is 0 Å². The van der Waals surface area contributed by atoms with Crippen molar-refractivity contribution >= 4 is 0 Å². The van der Waals surface area contributed by atoms with Gasteiger partial charge in [-0.2, -0.15) is 18.4 Å². The van der Waals surface area contributed by atoms with E-state index in [1.165, 1.54) is 0 Å². The number of nitriles is 1. The van der Waals surface area contributed by atoms with E-state index in [1.807, 2.05) is 0 Å². The summed E-state index contributed by atoms with van der Waals surface area (Å²) in [4.78, 5) is 3.41. The smallest absolute Gasteiger partial charge is 0.418 e. The highest BCUT2D eigenvalue weighted by Crippen LogP contribution is 2.50. The largest absolute Gasteiger partial charge is 0.439 e. The predicted molar refractivity (Wildman–Crippen MR) is 74.0 cm³/mol. The number of aliphatic hydroxyl groups excluding tert-OH is 1. The lowest BCUT2D eigenvalue weighted by atomic mass is 10.0. The van der Waals surface area contributed by atoms with Crippen molar-refractivity contribution in [2.45, 2.75) is 24.6 Å². The Morgan fingerprint density at radius 3 is 2.58 bits per heavy atom. The lowest BCUT2D eigenvalue weighted by Gasteiger charge is -2.17. The fraction of sp³-hybridized carbons (Fsp3) is 0.250. The SMILES string of the molecule is N#Cc1cc(F)cc(Oc2ncc(C(F)(F)F)c3c2CC(F)(F)[C@H]3O)c1. The van der Waals surface area contributed by atoms with Crippen LogP contribution < -0.4 is 4.74 Å². The molecule has 0 saturated heterocycles. The molecule has 1 N–H and O–H groups in total. The Bertz CT molecular complexity index is 920. The highest BCUT2D eigenvalue weighted by molar-refractivity contribution is 5.50. The minimum Gasteiger partial charge on any atom is -0.439 e. The Hall–Kier alpha value is -2.80. The van der Waals surface area contributed by atoms with Gasteiger partial charge < -0.3 is 9.84 Å². The molecule has 136 valence electrons. The molecule has 3 rings (SSSR count). The number of hydrogen-bond donors (Lipinski definition) is 1. The number of benzene rings is 1. The van der Waals surface area contributed by atoms with Gasteiger partial charge in [0.05, 0.1) is 17.2 Å². The monoisotopic (exact) mass is 374 g/mol. The van der Waals surface area contributed by atoms with Gasteiger partial charge in [-0.25, -0.2) is 18.2 Å². The van der Waals surface area contributed by atoms with Gasteiger partial charge in [-0.1, -0.05) is 0 Å². The molecule has 1 aliphatic rings. The molecule has 0 aliphatic heterocycles. The summed E-state index contributed by atoms with van der Waals surface area (Å²) < 4.78 is 85.3. The zero-order valence-electron chi connectivity index (χ0n) is 12.6. The molecule has 26 heavy (non-hydrogen) atoms. The normalized spacial score (nSPS) is 18.3. The van der Waals surface area contributed by atoms with E-state index in [0.717, 1.165) is 18.2 Å². The molecular formula is C16H8F6N2O2. The lowest BCUT2D eigenvalue weighted by molar-refractivity contribution is -0.142. The molecular weight excluding hydrogens is 366 g/mol. The number of alkyl halides is 5. The predicted octanol–water partition coefficient (Wildman–Crippen LogP) is 4.13. The molecule has 10 heteroatoms. The van der Waals surface area contributed by atoms with Crippen molar-refractivity contribution < 1.29 is 36.2 Å². The molecule has 0 unspecified atom stereocenters. The van der Waals surface area contributed by atoms with Crippen LogP contribution in [0.3, 0.4) is 0 Å². The van der Waals surface area contributed by atoms with E-state index in [2.05, 4.69) is 4.98 Å². The summed E-state index contributed by atoms with van der Waals surface area (Å²) in [6.45, 7) is 0. The summed E-state index contributed by atoms with van der Waals surface area (Å²) >= 11 is 0. The maximum absolute atomic E-state index is 13.8. The maximum atomic E-state index is 13.8. The van der Waals surface area contributed by atoms with Crippen LogP contribution in [0.25, 0.3) is 0 Å². The number of aliphatic hydroxyl groups is 1. The zero-order valence-corrected chi connectivity index (χ0v) is 12.6. The Balaban J connectivity index is 2.12. The van der Waals surface area contributed by atoms with E-state index >= 15 is 0 Å². The Morgan fingerprint density at radius 2 is 1.96 bits per heavy atom. The summed E-state index contributed by atoms with van der Waals surface area (Å²) in [7, 11) is 0. The number of hydrogen-bond acceptors (Lipinski definition) is 4. The molecule has 1 atom stereocenters. The summed E-state index contributed by atoms with van der Waals surface area (Å²) in [5.74, 6) is -5.64. The summed E-state index contributed by atoms with van der Waals surface area (Å²) in [5, 5.41) is 18.4. The Labute approximate surface area is 142 Å². The van der Waals surface area contributed by atoms with Crippen molar-refractivity contribution in [1.29, 1.82) is 5.26 Å². The van der Waals surface area contributed by atoms with Crippen LogP contribution in [0.5, 0.6) is 11.6 Å². The fourth-order valence-electron chi connectivity index (χ4n) is 2.69. The number of nitrogens with zero attached hydrogens (tertiary/aromatic N) is 2. The molecule has 0 fully saturated rings. The number of halogens is 6. The van der Waals surface area contributed by atoms with Crippen molar-refractivity contribution in [2.24, 2.45) is 0 Å². The van der Waals surface area contributed by atoms with Gasteiger partial charge in [0.15, 0.2) is 0 Å². The average Bonchev–Trinajstić information content (AvgIpc) is 2.77. The summed E-state index contributed by atoms with van der Waals surface area (Å²) in [6, 6.07) is 4.41. The van der Waals surface area contributed by atoms with E-state index in [-0.39, 0.29) is 17.5 Å². The molecule has 0 radical (unpaired) electrons. The van der Waals surface area contributed by atoms with Crippen LogP contribution in [0.4, 0.5) is 26.3 Å². The van der Waals surface area contributed by atoms with Crippen LogP contribution in [0, 0.1) is 17.1 Å². The zero-order chi connectivity index (χ0) is 19.3. The second-order valence-electron chi connectivity index (χ2n) is 5.60. The van der Waals surface area contributed by atoms with Crippen LogP contribution in [-0.2, 0) is 12.6 Å². The molecule has 2 aromatic rings. The lowest BCUT2D eigenvalue weighted by Crippen LogP contribution is -2.23. The Morgan fingerprint density at radius 1 is 1.27 bits per heavy atom. The first-order valence-electron chi connectivity index (χ1n) is 7.06. The van der Waals surface area contributed by atoms with Crippen molar-refractivity contribution in [3.8, 4) is 17.7 Å². The molecule has 4 nitrogen and oxygen atoms in total. The quantitative estimate of drug-likeness (QED) is 0.803. The van der Waals surface area contributed by atoms with Crippen LogP contribution in [0.1, 0.15) is 28.4 Å². The number of rotatable bonds is 2.